The van der Waals surface area contributed by atoms with Crippen LogP contribution in [0.4, 0.5) is 0 Å². The topological polar surface area (TPSA) is 41.1 Å². The van der Waals surface area contributed by atoms with E-state index < -0.39 is 0 Å². The van der Waals surface area contributed by atoms with Crippen LogP contribution in [0.1, 0.15) is 40.0 Å². The van der Waals surface area contributed by atoms with Crippen molar-refractivity contribution in [2.24, 2.45) is 0 Å². The molecule has 0 heterocycles. The van der Waals surface area contributed by atoms with Gasteiger partial charge in [0.2, 0.25) is 5.91 Å². The summed E-state index contributed by atoms with van der Waals surface area (Å²) in [5.41, 5.74) is 0.572. The molecule has 0 saturated heterocycles. The van der Waals surface area contributed by atoms with Gasteiger partial charge in [-0.2, -0.15) is 0 Å². The van der Waals surface area contributed by atoms with Gasteiger partial charge in [0.05, 0.1) is 0 Å². The van der Waals surface area contributed by atoms with Crippen molar-refractivity contribution in [1.29, 1.82) is 0 Å². The van der Waals surface area contributed by atoms with Crippen molar-refractivity contribution in [3.8, 4) is 0 Å². The minimum Gasteiger partial charge on any atom is -0.352 e. The van der Waals surface area contributed by atoms with Crippen LogP contribution in [0.2, 0.25) is 0 Å². The maximum atomic E-state index is 11.1. The monoisotopic (exact) mass is 248 g/mol. The molecule has 0 rings (SSSR count). The molecule has 0 spiro atoms. The Morgan fingerprint density at radius 2 is 1.81 bits per heavy atom. The lowest BCUT2D eigenvalue weighted by molar-refractivity contribution is -0.117. The fraction of sp³-hybridized carbons (Fsp3) is 0.750. The average Bonchev–Trinajstić information content (AvgIpc) is 2.23. The second kappa shape index (κ2) is 11.0. The third-order valence-electron chi connectivity index (χ3n) is 2.45. The molecule has 0 atom stereocenters. The molecular formula is C12H25ClN2O. The van der Waals surface area contributed by atoms with Gasteiger partial charge in [0.1, 0.15) is 0 Å². The number of carbonyl (C=O) groups is 1. The van der Waals surface area contributed by atoms with E-state index in [0.29, 0.717) is 11.6 Å². The quantitative estimate of drug-likeness (QED) is 0.511. The van der Waals surface area contributed by atoms with Crippen molar-refractivity contribution in [3.05, 3.63) is 12.2 Å². The van der Waals surface area contributed by atoms with E-state index in [9.17, 15) is 4.79 Å². The van der Waals surface area contributed by atoms with Crippen molar-refractivity contribution < 1.29 is 4.79 Å². The summed E-state index contributed by atoms with van der Waals surface area (Å²) < 4.78 is 0. The van der Waals surface area contributed by atoms with Gasteiger partial charge in [0.25, 0.3) is 0 Å². The van der Waals surface area contributed by atoms with Crippen LogP contribution in [-0.4, -0.2) is 25.0 Å². The Morgan fingerprint density at radius 1 is 1.25 bits per heavy atom. The van der Waals surface area contributed by atoms with Gasteiger partial charge in [-0.1, -0.05) is 20.4 Å². The zero-order chi connectivity index (χ0) is 11.7. The van der Waals surface area contributed by atoms with Crippen molar-refractivity contribution in [2.75, 3.05) is 13.1 Å². The van der Waals surface area contributed by atoms with E-state index in [0.717, 1.165) is 32.4 Å². The highest BCUT2D eigenvalue weighted by Gasteiger charge is 2.02. The predicted octanol–water partition coefficient (Wildman–Crippen LogP) is 2.27. The van der Waals surface area contributed by atoms with E-state index in [-0.39, 0.29) is 18.3 Å². The van der Waals surface area contributed by atoms with Crippen LogP contribution in [-0.2, 0) is 4.79 Å². The molecule has 0 saturated carbocycles. The first-order chi connectivity index (χ1) is 7.11. The largest absolute Gasteiger partial charge is 0.352 e. The standard InChI is InChI=1S/C12H24N2O.ClH/c1-5-11(6-2)13-8-7-9-14-12(15)10(3)4;/h11,13H,3,5-9H2,1-2,4H3,(H,14,15);1H. The highest BCUT2D eigenvalue weighted by molar-refractivity contribution is 5.91. The minimum absolute atomic E-state index is 0. The fourth-order valence-electron chi connectivity index (χ4n) is 1.32. The van der Waals surface area contributed by atoms with Gasteiger partial charge in [-0.3, -0.25) is 4.79 Å². The molecule has 3 nitrogen and oxygen atoms in total. The lowest BCUT2D eigenvalue weighted by Gasteiger charge is -2.14. The molecule has 0 aromatic rings. The molecule has 0 bridgehead atoms. The Labute approximate surface area is 105 Å². The summed E-state index contributed by atoms with van der Waals surface area (Å²) in [5, 5.41) is 6.26. The first-order valence-electron chi connectivity index (χ1n) is 5.78. The number of nitrogens with one attached hydrogen (secondary N) is 2. The smallest absolute Gasteiger partial charge is 0.246 e. The van der Waals surface area contributed by atoms with E-state index >= 15 is 0 Å². The Kier molecular flexibility index (Phi) is 12.2. The third kappa shape index (κ3) is 8.74. The Hall–Kier alpha value is -0.540. The van der Waals surface area contributed by atoms with Crippen LogP contribution in [0.15, 0.2) is 12.2 Å². The summed E-state index contributed by atoms with van der Waals surface area (Å²) >= 11 is 0. The molecule has 0 aliphatic carbocycles. The van der Waals surface area contributed by atoms with E-state index in [4.69, 9.17) is 0 Å². The maximum Gasteiger partial charge on any atom is 0.246 e. The highest BCUT2D eigenvalue weighted by Crippen LogP contribution is 1.95. The normalized spacial score (nSPS) is 9.75. The number of rotatable bonds is 8. The summed E-state index contributed by atoms with van der Waals surface area (Å²) in [7, 11) is 0. The molecule has 0 aliphatic rings. The van der Waals surface area contributed by atoms with Gasteiger partial charge in [0.15, 0.2) is 0 Å². The molecule has 2 N–H and O–H groups in total. The number of halogens is 1. The molecular weight excluding hydrogens is 224 g/mol. The van der Waals surface area contributed by atoms with Crippen LogP contribution in [0.25, 0.3) is 0 Å². The molecule has 4 heteroatoms. The highest BCUT2D eigenvalue weighted by atomic mass is 35.5. The number of hydrogen-bond acceptors (Lipinski definition) is 2. The van der Waals surface area contributed by atoms with Crippen molar-refractivity contribution in [2.45, 2.75) is 46.1 Å². The number of amides is 1. The van der Waals surface area contributed by atoms with Crippen molar-refractivity contribution in [3.63, 3.8) is 0 Å². The zero-order valence-electron chi connectivity index (χ0n) is 10.6. The predicted molar refractivity (Wildman–Crippen MR) is 72.1 cm³/mol. The average molecular weight is 249 g/mol. The van der Waals surface area contributed by atoms with Gasteiger partial charge in [0, 0.05) is 18.2 Å². The van der Waals surface area contributed by atoms with Gasteiger partial charge in [-0.25, -0.2) is 0 Å². The summed E-state index contributed by atoms with van der Waals surface area (Å²) in [4.78, 5) is 11.1. The molecule has 0 radical (unpaired) electrons. The van der Waals surface area contributed by atoms with Crippen LogP contribution in [0.3, 0.4) is 0 Å². The summed E-state index contributed by atoms with van der Waals surface area (Å²) in [5.74, 6) is -0.0440. The van der Waals surface area contributed by atoms with Crippen molar-refractivity contribution in [1.82, 2.24) is 10.6 Å². The van der Waals surface area contributed by atoms with E-state index in [1.807, 2.05) is 0 Å². The first-order valence-corrected chi connectivity index (χ1v) is 5.78. The van der Waals surface area contributed by atoms with Crippen LogP contribution in [0.5, 0.6) is 0 Å². The molecule has 0 fully saturated rings. The molecule has 1 amide bonds. The second-order valence-corrected chi connectivity index (χ2v) is 3.86. The van der Waals surface area contributed by atoms with Crippen molar-refractivity contribution >= 4 is 18.3 Å². The summed E-state index contributed by atoms with van der Waals surface area (Å²) in [6.45, 7) is 11.4. The Balaban J connectivity index is 0. The Morgan fingerprint density at radius 3 is 2.25 bits per heavy atom. The molecule has 0 aliphatic heterocycles. The zero-order valence-corrected chi connectivity index (χ0v) is 11.5. The van der Waals surface area contributed by atoms with E-state index in [1.54, 1.807) is 6.92 Å². The van der Waals surface area contributed by atoms with Crippen LogP contribution < -0.4 is 10.6 Å². The SMILES string of the molecule is C=C(C)C(=O)NCCCNC(CC)CC.Cl. The van der Waals surface area contributed by atoms with E-state index in [2.05, 4.69) is 31.1 Å². The van der Waals surface area contributed by atoms with Gasteiger partial charge in [-0.15, -0.1) is 12.4 Å². The van der Waals surface area contributed by atoms with Gasteiger partial charge in [-0.05, 0) is 32.7 Å². The fourth-order valence-corrected chi connectivity index (χ4v) is 1.32. The summed E-state index contributed by atoms with van der Waals surface area (Å²) in [6.07, 6.45) is 3.29. The van der Waals surface area contributed by atoms with Crippen LogP contribution in [0, 0.1) is 0 Å². The molecule has 16 heavy (non-hydrogen) atoms. The number of carbonyl (C=O) groups excluding carboxylic acids is 1. The van der Waals surface area contributed by atoms with E-state index in [1.165, 1.54) is 0 Å². The second-order valence-electron chi connectivity index (χ2n) is 3.86. The molecule has 0 unspecified atom stereocenters. The maximum absolute atomic E-state index is 11.1. The lowest BCUT2D eigenvalue weighted by Crippen LogP contribution is -2.32. The summed E-state index contributed by atoms with van der Waals surface area (Å²) in [6, 6.07) is 0.613. The molecule has 0 aromatic carbocycles. The first kappa shape index (κ1) is 17.8. The molecule has 96 valence electrons. The molecule has 0 aromatic heterocycles. The third-order valence-corrected chi connectivity index (χ3v) is 2.45. The van der Waals surface area contributed by atoms with Crippen LogP contribution >= 0.6 is 12.4 Å². The van der Waals surface area contributed by atoms with Gasteiger partial charge < -0.3 is 10.6 Å². The van der Waals surface area contributed by atoms with Gasteiger partial charge >= 0.3 is 0 Å². The number of hydrogen-bond donors (Lipinski definition) is 2. The lowest BCUT2D eigenvalue weighted by atomic mass is 10.2. The Bertz CT molecular complexity index is 203. The minimum atomic E-state index is -0.0440.